The smallest absolute Gasteiger partial charge is 0.329 e. The number of cyclic esters (lactones) is 1. The van der Waals surface area contributed by atoms with Crippen molar-refractivity contribution in [1.82, 2.24) is 4.57 Å². The number of aldehydes is 1. The number of ether oxygens (including phenoxy) is 1. The highest BCUT2D eigenvalue weighted by molar-refractivity contribution is 5.79. The van der Waals surface area contributed by atoms with E-state index in [1.807, 2.05) is 13.8 Å². The van der Waals surface area contributed by atoms with Crippen LogP contribution in [0.15, 0.2) is 18.3 Å². The van der Waals surface area contributed by atoms with Crippen molar-refractivity contribution in [2.45, 2.75) is 26.0 Å². The molecule has 0 aliphatic carbocycles. The number of hydrogen-bond acceptors (Lipinski definition) is 3. The first kappa shape index (κ1) is 9.96. The standard InChI is InChI=1S/C11H13NO3/c1-7-8(2)15-11(14)10(7)12-5-3-4-9(12)6-13/h3-8,10H,1-2H3/t7-,8-,10+/m0/s1. The fourth-order valence-electron chi connectivity index (χ4n) is 1.96. The van der Waals surface area contributed by atoms with Crippen molar-refractivity contribution in [3.8, 4) is 0 Å². The summed E-state index contributed by atoms with van der Waals surface area (Å²) in [6.45, 7) is 3.82. The fourth-order valence-corrected chi connectivity index (χ4v) is 1.96. The van der Waals surface area contributed by atoms with E-state index in [1.54, 1.807) is 22.9 Å². The van der Waals surface area contributed by atoms with Crippen LogP contribution >= 0.6 is 0 Å². The molecule has 0 bridgehead atoms. The number of nitrogens with zero attached hydrogens (tertiary/aromatic N) is 1. The molecule has 0 radical (unpaired) electrons. The van der Waals surface area contributed by atoms with E-state index in [0.717, 1.165) is 6.29 Å². The quantitative estimate of drug-likeness (QED) is 0.544. The predicted octanol–water partition coefficient (Wildman–Crippen LogP) is 1.42. The second kappa shape index (κ2) is 3.53. The van der Waals surface area contributed by atoms with Crippen LogP contribution in [-0.2, 0) is 9.53 Å². The summed E-state index contributed by atoms with van der Waals surface area (Å²) >= 11 is 0. The van der Waals surface area contributed by atoms with Crippen LogP contribution in [0.5, 0.6) is 0 Å². The highest BCUT2D eigenvalue weighted by Crippen LogP contribution is 2.32. The molecule has 2 heterocycles. The molecule has 1 aromatic rings. The minimum atomic E-state index is -0.366. The Morgan fingerprint density at radius 1 is 1.47 bits per heavy atom. The summed E-state index contributed by atoms with van der Waals surface area (Å²) in [6, 6.07) is 3.08. The SMILES string of the molecule is C[C@H]1[C@H](C)OC(=O)[C@@H]1n1cccc1C=O. The lowest BCUT2D eigenvalue weighted by atomic mass is 10.00. The van der Waals surface area contributed by atoms with Gasteiger partial charge in [-0.1, -0.05) is 6.92 Å². The van der Waals surface area contributed by atoms with Gasteiger partial charge in [-0.2, -0.15) is 0 Å². The maximum Gasteiger partial charge on any atom is 0.329 e. The molecule has 0 saturated carbocycles. The van der Waals surface area contributed by atoms with E-state index >= 15 is 0 Å². The molecule has 3 atom stereocenters. The molecule has 2 rings (SSSR count). The number of hydrogen-bond donors (Lipinski definition) is 0. The van der Waals surface area contributed by atoms with Crippen molar-refractivity contribution in [2.75, 3.05) is 0 Å². The lowest BCUT2D eigenvalue weighted by Gasteiger charge is -2.15. The third kappa shape index (κ3) is 1.46. The Morgan fingerprint density at radius 2 is 2.20 bits per heavy atom. The van der Waals surface area contributed by atoms with Crippen LogP contribution in [0.4, 0.5) is 0 Å². The molecule has 15 heavy (non-hydrogen) atoms. The molecule has 0 spiro atoms. The summed E-state index contributed by atoms with van der Waals surface area (Å²) < 4.78 is 6.82. The number of rotatable bonds is 2. The van der Waals surface area contributed by atoms with Gasteiger partial charge in [-0.15, -0.1) is 0 Å². The lowest BCUT2D eigenvalue weighted by Crippen LogP contribution is -2.21. The zero-order valence-electron chi connectivity index (χ0n) is 8.71. The third-order valence-electron chi connectivity index (χ3n) is 3.01. The maximum atomic E-state index is 11.6. The van der Waals surface area contributed by atoms with Crippen LogP contribution in [0.25, 0.3) is 0 Å². The number of carbonyl (C=O) groups excluding carboxylic acids is 2. The molecular weight excluding hydrogens is 194 g/mol. The Hall–Kier alpha value is -1.58. The Labute approximate surface area is 87.8 Å². The van der Waals surface area contributed by atoms with Crippen molar-refractivity contribution in [1.29, 1.82) is 0 Å². The minimum absolute atomic E-state index is 0.0867. The number of carbonyl (C=O) groups is 2. The van der Waals surface area contributed by atoms with Crippen molar-refractivity contribution >= 4 is 12.3 Å². The number of aromatic nitrogens is 1. The van der Waals surface area contributed by atoms with Crippen molar-refractivity contribution in [2.24, 2.45) is 5.92 Å². The predicted molar refractivity (Wildman–Crippen MR) is 53.6 cm³/mol. The summed E-state index contributed by atoms with van der Waals surface area (Å²) in [7, 11) is 0. The minimum Gasteiger partial charge on any atom is -0.461 e. The number of esters is 1. The Kier molecular flexibility index (Phi) is 2.34. The first-order valence-corrected chi connectivity index (χ1v) is 4.97. The molecule has 0 N–H and O–H groups in total. The maximum absolute atomic E-state index is 11.6. The van der Waals surface area contributed by atoms with E-state index in [1.165, 1.54) is 0 Å². The highest BCUT2D eigenvalue weighted by Gasteiger charge is 2.40. The molecule has 4 nitrogen and oxygen atoms in total. The average molecular weight is 207 g/mol. The monoisotopic (exact) mass is 207 g/mol. The van der Waals surface area contributed by atoms with E-state index in [4.69, 9.17) is 4.74 Å². The highest BCUT2D eigenvalue weighted by atomic mass is 16.6. The first-order chi connectivity index (χ1) is 7.15. The largest absolute Gasteiger partial charge is 0.461 e. The van der Waals surface area contributed by atoms with Crippen LogP contribution < -0.4 is 0 Å². The van der Waals surface area contributed by atoms with Gasteiger partial charge in [-0.25, -0.2) is 4.79 Å². The molecule has 0 amide bonds. The normalized spacial score (nSPS) is 30.3. The van der Waals surface area contributed by atoms with Crippen molar-refractivity contribution in [3.63, 3.8) is 0 Å². The summed E-state index contributed by atoms with van der Waals surface area (Å²) in [6.07, 6.45) is 2.40. The van der Waals surface area contributed by atoms with Crippen LogP contribution in [0, 0.1) is 5.92 Å². The fraction of sp³-hybridized carbons (Fsp3) is 0.455. The lowest BCUT2D eigenvalue weighted by molar-refractivity contribution is -0.143. The van der Waals surface area contributed by atoms with Crippen molar-refractivity contribution < 1.29 is 14.3 Å². The summed E-state index contributed by atoms with van der Waals surface area (Å²) in [5.74, 6) is -0.169. The average Bonchev–Trinajstić information content (AvgIpc) is 2.73. The molecule has 80 valence electrons. The van der Waals surface area contributed by atoms with Gasteiger partial charge < -0.3 is 9.30 Å². The van der Waals surface area contributed by atoms with Gasteiger partial charge in [-0.3, -0.25) is 4.79 Å². The van der Waals surface area contributed by atoms with Crippen LogP contribution in [-0.4, -0.2) is 22.9 Å². The molecular formula is C11H13NO3. The van der Waals surface area contributed by atoms with Gasteiger partial charge in [0, 0.05) is 12.1 Å². The van der Waals surface area contributed by atoms with Gasteiger partial charge >= 0.3 is 5.97 Å². The van der Waals surface area contributed by atoms with Gasteiger partial charge in [0.15, 0.2) is 6.29 Å². The summed E-state index contributed by atoms with van der Waals surface area (Å²) in [5, 5.41) is 0. The molecule has 0 unspecified atom stereocenters. The Morgan fingerprint density at radius 3 is 2.73 bits per heavy atom. The zero-order valence-corrected chi connectivity index (χ0v) is 8.71. The zero-order chi connectivity index (χ0) is 11.0. The van der Waals surface area contributed by atoms with Gasteiger partial charge in [-0.05, 0) is 19.1 Å². The second-order valence-electron chi connectivity index (χ2n) is 3.90. The molecule has 1 saturated heterocycles. The van der Waals surface area contributed by atoms with E-state index < -0.39 is 0 Å². The van der Waals surface area contributed by atoms with Crippen LogP contribution in [0.2, 0.25) is 0 Å². The topological polar surface area (TPSA) is 48.3 Å². The Balaban J connectivity index is 2.38. The molecule has 0 aromatic carbocycles. The Bertz CT molecular complexity index is 396. The first-order valence-electron chi connectivity index (χ1n) is 4.97. The van der Waals surface area contributed by atoms with E-state index in [9.17, 15) is 9.59 Å². The van der Waals surface area contributed by atoms with Gasteiger partial charge in [0.25, 0.3) is 0 Å². The van der Waals surface area contributed by atoms with E-state index in [2.05, 4.69) is 0 Å². The second-order valence-corrected chi connectivity index (χ2v) is 3.90. The van der Waals surface area contributed by atoms with Crippen LogP contribution in [0.1, 0.15) is 30.4 Å². The van der Waals surface area contributed by atoms with Gasteiger partial charge in [0.2, 0.25) is 0 Å². The van der Waals surface area contributed by atoms with E-state index in [-0.39, 0.29) is 24.0 Å². The van der Waals surface area contributed by atoms with Gasteiger partial charge in [0.1, 0.15) is 12.1 Å². The van der Waals surface area contributed by atoms with Crippen LogP contribution in [0.3, 0.4) is 0 Å². The van der Waals surface area contributed by atoms with Gasteiger partial charge in [0.05, 0.1) is 5.69 Å². The van der Waals surface area contributed by atoms with E-state index in [0.29, 0.717) is 5.69 Å². The summed E-state index contributed by atoms with van der Waals surface area (Å²) in [4.78, 5) is 22.4. The molecule has 1 aliphatic rings. The third-order valence-corrected chi connectivity index (χ3v) is 3.01. The van der Waals surface area contributed by atoms with Crippen molar-refractivity contribution in [3.05, 3.63) is 24.0 Å². The molecule has 4 heteroatoms. The molecule has 1 aliphatic heterocycles. The molecule has 1 aromatic heterocycles. The summed E-state index contributed by atoms with van der Waals surface area (Å²) in [5.41, 5.74) is 0.512. The molecule has 1 fully saturated rings.